The quantitative estimate of drug-likeness (QED) is 0.253. The molecule has 0 fully saturated rings. The minimum atomic E-state index is -3.79. The highest BCUT2D eigenvalue weighted by Crippen LogP contribution is 2.32. The van der Waals surface area contributed by atoms with Crippen LogP contribution < -0.4 is 4.74 Å². The average Bonchev–Trinajstić information content (AvgIpc) is 3.31. The summed E-state index contributed by atoms with van der Waals surface area (Å²) in [6.07, 6.45) is 1.08. The van der Waals surface area contributed by atoms with Crippen molar-refractivity contribution in [2.45, 2.75) is 24.8 Å². The summed E-state index contributed by atoms with van der Waals surface area (Å²) in [4.78, 5) is 22.0. The molecule has 43 heavy (non-hydrogen) atoms. The molecule has 0 unspecified atom stereocenters. The van der Waals surface area contributed by atoms with Crippen LogP contribution in [0.3, 0.4) is 0 Å². The smallest absolute Gasteiger partial charge is 0.254 e. The first kappa shape index (κ1) is 28.5. The Labute approximate surface area is 245 Å². The van der Waals surface area contributed by atoms with Crippen molar-refractivity contribution in [1.82, 2.24) is 14.9 Å². The molecule has 0 bridgehead atoms. The summed E-state index contributed by atoms with van der Waals surface area (Å²) < 4.78 is 72.8. The van der Waals surface area contributed by atoms with Crippen molar-refractivity contribution in [2.75, 3.05) is 19.4 Å². The molecule has 0 saturated heterocycles. The first-order valence-corrected chi connectivity index (χ1v) is 15.4. The van der Waals surface area contributed by atoms with Crippen molar-refractivity contribution in [3.8, 4) is 28.3 Å². The van der Waals surface area contributed by atoms with Gasteiger partial charge in [0.25, 0.3) is 5.91 Å². The van der Waals surface area contributed by atoms with Gasteiger partial charge >= 0.3 is 0 Å². The van der Waals surface area contributed by atoms with E-state index in [1.54, 1.807) is 11.8 Å². The number of benzene rings is 4. The van der Waals surface area contributed by atoms with E-state index in [4.69, 9.17) is 4.74 Å². The molecular weight excluding hydrogens is 579 g/mol. The highest BCUT2D eigenvalue weighted by atomic mass is 32.2. The van der Waals surface area contributed by atoms with Crippen LogP contribution in [0.5, 0.6) is 5.75 Å². The Hall–Kier alpha value is -4.64. The molecule has 1 aliphatic heterocycles. The number of sulfone groups is 1. The Balaban J connectivity index is 1.27. The lowest BCUT2D eigenvalue weighted by Gasteiger charge is -2.22. The van der Waals surface area contributed by atoms with Crippen LogP contribution in [-0.2, 0) is 22.8 Å². The third kappa shape index (κ3) is 5.25. The summed E-state index contributed by atoms with van der Waals surface area (Å²) in [5.74, 6) is -2.24. The first-order chi connectivity index (χ1) is 20.5. The van der Waals surface area contributed by atoms with Gasteiger partial charge in [0.15, 0.2) is 21.5 Å². The van der Waals surface area contributed by atoms with Gasteiger partial charge in [-0.05, 0) is 53.9 Å². The first-order valence-electron chi connectivity index (χ1n) is 13.6. The number of imidazole rings is 1. The molecule has 1 aromatic heterocycles. The van der Waals surface area contributed by atoms with Crippen LogP contribution >= 0.6 is 0 Å². The number of carbonyl (C=O) groups is 1. The summed E-state index contributed by atoms with van der Waals surface area (Å²) in [5.41, 5.74) is 3.68. The maximum absolute atomic E-state index is 15.1. The predicted molar refractivity (Wildman–Crippen MR) is 156 cm³/mol. The van der Waals surface area contributed by atoms with E-state index in [-0.39, 0.29) is 42.8 Å². The number of aromatic amines is 1. The number of H-pyrrole nitrogens is 1. The second-order valence-electron chi connectivity index (χ2n) is 10.3. The van der Waals surface area contributed by atoms with Gasteiger partial charge in [-0.15, -0.1) is 0 Å². The summed E-state index contributed by atoms with van der Waals surface area (Å²) in [5, 5.41) is 0. The van der Waals surface area contributed by atoms with Crippen molar-refractivity contribution in [3.05, 3.63) is 101 Å². The summed E-state index contributed by atoms with van der Waals surface area (Å²) in [6, 6.07) is 18.1. The zero-order chi connectivity index (χ0) is 30.5. The second kappa shape index (κ2) is 10.9. The normalized spacial score (nSPS) is 13.5. The monoisotopic (exact) mass is 605 g/mol. The molecule has 0 saturated carbocycles. The third-order valence-electron chi connectivity index (χ3n) is 7.56. The molecule has 1 aliphatic rings. The van der Waals surface area contributed by atoms with Gasteiger partial charge in [-0.3, -0.25) is 4.79 Å². The largest absolute Gasteiger partial charge is 0.491 e. The van der Waals surface area contributed by atoms with E-state index in [0.717, 1.165) is 35.1 Å². The van der Waals surface area contributed by atoms with Crippen molar-refractivity contribution in [3.63, 3.8) is 0 Å². The number of amides is 1. The lowest BCUT2D eigenvalue weighted by Crippen LogP contribution is -2.33. The minimum Gasteiger partial charge on any atom is -0.491 e. The number of ether oxygens (including phenoxy) is 1. The average molecular weight is 606 g/mol. The van der Waals surface area contributed by atoms with Crippen LogP contribution in [0.25, 0.3) is 33.5 Å². The van der Waals surface area contributed by atoms with Crippen molar-refractivity contribution < 1.29 is 31.1 Å². The van der Waals surface area contributed by atoms with E-state index in [1.165, 1.54) is 12.1 Å². The maximum Gasteiger partial charge on any atom is 0.254 e. The lowest BCUT2D eigenvalue weighted by atomic mass is 10.00. The number of carbonyl (C=O) groups excluding carboxylic acids is 1. The third-order valence-corrected chi connectivity index (χ3v) is 8.67. The summed E-state index contributed by atoms with van der Waals surface area (Å²) >= 11 is 0. The van der Waals surface area contributed by atoms with Crippen LogP contribution in [0.2, 0.25) is 0 Å². The fourth-order valence-electron chi connectivity index (χ4n) is 5.32. The SMILES string of the molecule is CCc1c(C(=O)N2CCOc3ccc(-c4ccc(-c5nc6c(F)c(F)ccc6[nH]5)cc4)cc3C2)ccc(S(C)(=O)=O)c1F. The number of halogens is 3. The topological polar surface area (TPSA) is 92.4 Å². The lowest BCUT2D eigenvalue weighted by molar-refractivity contribution is 0.0731. The number of rotatable bonds is 5. The molecule has 0 aliphatic carbocycles. The maximum atomic E-state index is 15.1. The number of hydrogen-bond donors (Lipinski definition) is 1. The van der Waals surface area contributed by atoms with Gasteiger partial charge in [0.05, 0.1) is 12.1 Å². The molecule has 1 amide bonds. The number of nitrogens with zero attached hydrogens (tertiary/aromatic N) is 2. The van der Waals surface area contributed by atoms with Crippen LogP contribution in [0.15, 0.2) is 71.6 Å². The number of nitrogens with one attached hydrogen (secondary N) is 1. The van der Waals surface area contributed by atoms with E-state index >= 15 is 4.39 Å². The second-order valence-corrected chi connectivity index (χ2v) is 12.3. The number of hydrogen-bond acceptors (Lipinski definition) is 5. The summed E-state index contributed by atoms with van der Waals surface area (Å²) in [7, 11) is -3.79. The molecule has 4 aromatic carbocycles. The van der Waals surface area contributed by atoms with E-state index < -0.39 is 38.1 Å². The van der Waals surface area contributed by atoms with Crippen LogP contribution in [0.1, 0.15) is 28.4 Å². The highest BCUT2D eigenvalue weighted by molar-refractivity contribution is 7.90. The minimum absolute atomic E-state index is 0.0597. The van der Waals surface area contributed by atoms with Crippen molar-refractivity contribution >= 4 is 26.8 Å². The molecule has 0 atom stereocenters. The zero-order valence-corrected chi connectivity index (χ0v) is 24.1. The standard InChI is InChI=1S/C32H26F3N3O4S/c1-3-22-23(9-13-27(28(22)34)43(2,40)41)32(39)38-14-15-42-26-12-8-20(16-21(26)17-38)18-4-6-19(7-5-18)31-36-25-11-10-24(33)29(35)30(25)37-31/h4-13,16H,3,14-15,17H2,1-2H3,(H,36,37). The highest BCUT2D eigenvalue weighted by Gasteiger charge is 2.27. The van der Waals surface area contributed by atoms with Crippen molar-refractivity contribution in [1.29, 1.82) is 0 Å². The Bertz CT molecular complexity index is 2010. The van der Waals surface area contributed by atoms with E-state index in [2.05, 4.69) is 9.97 Å². The molecule has 1 N–H and O–H groups in total. The van der Waals surface area contributed by atoms with E-state index in [1.807, 2.05) is 42.5 Å². The Kier molecular flexibility index (Phi) is 7.21. The predicted octanol–water partition coefficient (Wildman–Crippen LogP) is 6.31. The molecule has 5 aromatic rings. The van der Waals surface area contributed by atoms with Gasteiger partial charge in [0.2, 0.25) is 0 Å². The zero-order valence-electron chi connectivity index (χ0n) is 23.2. The van der Waals surface area contributed by atoms with E-state index in [9.17, 15) is 22.0 Å². The van der Waals surface area contributed by atoms with Gasteiger partial charge in [-0.1, -0.05) is 37.3 Å². The molecular formula is C32H26F3N3O4S. The number of fused-ring (bicyclic) bond motifs is 2. The van der Waals surface area contributed by atoms with Crippen LogP contribution in [0.4, 0.5) is 13.2 Å². The molecule has 0 spiro atoms. The van der Waals surface area contributed by atoms with Gasteiger partial charge < -0.3 is 14.6 Å². The van der Waals surface area contributed by atoms with Gasteiger partial charge in [0, 0.05) is 35.1 Å². The molecule has 11 heteroatoms. The van der Waals surface area contributed by atoms with Crippen LogP contribution in [0, 0.1) is 17.5 Å². The van der Waals surface area contributed by atoms with Gasteiger partial charge in [0.1, 0.15) is 34.4 Å². The Morgan fingerprint density at radius 1 is 0.953 bits per heavy atom. The Morgan fingerprint density at radius 2 is 1.67 bits per heavy atom. The fourth-order valence-corrected chi connectivity index (χ4v) is 6.09. The van der Waals surface area contributed by atoms with Gasteiger partial charge in [-0.25, -0.2) is 26.6 Å². The van der Waals surface area contributed by atoms with Gasteiger partial charge in [-0.2, -0.15) is 0 Å². The number of aromatic nitrogens is 2. The molecule has 220 valence electrons. The molecule has 6 rings (SSSR count). The van der Waals surface area contributed by atoms with Crippen LogP contribution in [-0.4, -0.2) is 48.6 Å². The molecule has 0 radical (unpaired) electrons. The van der Waals surface area contributed by atoms with Crippen molar-refractivity contribution in [2.24, 2.45) is 0 Å². The fraction of sp³-hybridized carbons (Fsp3) is 0.188. The molecule has 2 heterocycles. The Morgan fingerprint density at radius 3 is 2.40 bits per heavy atom. The molecule has 7 nitrogen and oxygen atoms in total. The summed E-state index contributed by atoms with van der Waals surface area (Å²) in [6.45, 7) is 2.38. The van der Waals surface area contributed by atoms with E-state index in [0.29, 0.717) is 22.7 Å².